The zero-order valence-electron chi connectivity index (χ0n) is 10.1. The van der Waals surface area contributed by atoms with E-state index >= 15 is 0 Å². The van der Waals surface area contributed by atoms with Gasteiger partial charge in [-0.2, -0.15) is 0 Å². The minimum atomic E-state index is 0.712. The summed E-state index contributed by atoms with van der Waals surface area (Å²) < 4.78 is 5.65. The van der Waals surface area contributed by atoms with Gasteiger partial charge in [-0.05, 0) is 36.5 Å². The van der Waals surface area contributed by atoms with Crippen LogP contribution in [0.1, 0.15) is 39.2 Å². The van der Waals surface area contributed by atoms with E-state index in [-0.39, 0.29) is 0 Å². The van der Waals surface area contributed by atoms with Crippen LogP contribution >= 0.6 is 0 Å². The molecular weight excluding hydrogens is 184 g/mol. The Morgan fingerprint density at radius 1 is 1.13 bits per heavy atom. The summed E-state index contributed by atoms with van der Waals surface area (Å²) in [5.41, 5.74) is 1.40. The second kappa shape index (κ2) is 6.49. The molecule has 15 heavy (non-hydrogen) atoms. The first-order valence-electron chi connectivity index (χ1n) is 5.94. The van der Waals surface area contributed by atoms with E-state index in [2.05, 4.69) is 45.0 Å². The van der Waals surface area contributed by atoms with Crippen molar-refractivity contribution in [1.82, 2.24) is 0 Å². The molecule has 1 aromatic carbocycles. The van der Waals surface area contributed by atoms with E-state index in [9.17, 15) is 0 Å². The lowest BCUT2D eigenvalue weighted by Crippen LogP contribution is -2.01. The normalized spacial score (nSPS) is 10.7. The predicted octanol–water partition coefficient (Wildman–Crippen LogP) is 4.06. The summed E-state index contributed by atoms with van der Waals surface area (Å²) in [6.45, 7) is 7.46. The Kier molecular flexibility index (Phi) is 5.23. The fourth-order valence-electron chi connectivity index (χ4n) is 1.45. The van der Waals surface area contributed by atoms with Crippen molar-refractivity contribution in [2.75, 3.05) is 6.61 Å². The van der Waals surface area contributed by atoms with Gasteiger partial charge in [0.1, 0.15) is 5.75 Å². The molecule has 1 aromatic rings. The Hall–Kier alpha value is -0.980. The molecule has 0 atom stereocenters. The van der Waals surface area contributed by atoms with Crippen molar-refractivity contribution in [3.63, 3.8) is 0 Å². The third-order valence-corrected chi connectivity index (χ3v) is 2.43. The van der Waals surface area contributed by atoms with E-state index < -0.39 is 0 Å². The van der Waals surface area contributed by atoms with Crippen molar-refractivity contribution in [2.24, 2.45) is 5.92 Å². The molecule has 0 amide bonds. The van der Waals surface area contributed by atoms with Crippen LogP contribution in [0.2, 0.25) is 0 Å². The Morgan fingerprint density at radius 2 is 1.80 bits per heavy atom. The van der Waals surface area contributed by atoms with Crippen LogP contribution in [-0.4, -0.2) is 6.61 Å². The highest BCUT2D eigenvalue weighted by atomic mass is 16.5. The molecule has 0 aliphatic carbocycles. The van der Waals surface area contributed by atoms with Crippen LogP contribution in [0.15, 0.2) is 24.3 Å². The highest BCUT2D eigenvalue weighted by molar-refractivity contribution is 5.27. The minimum Gasteiger partial charge on any atom is -0.494 e. The molecule has 0 N–H and O–H groups in total. The van der Waals surface area contributed by atoms with Gasteiger partial charge in [-0.3, -0.25) is 0 Å². The van der Waals surface area contributed by atoms with Crippen LogP contribution in [0.25, 0.3) is 0 Å². The third-order valence-electron chi connectivity index (χ3n) is 2.43. The quantitative estimate of drug-likeness (QED) is 0.682. The summed E-state index contributed by atoms with van der Waals surface area (Å²) in [7, 11) is 0. The van der Waals surface area contributed by atoms with E-state index in [0.717, 1.165) is 25.2 Å². The molecule has 1 rings (SSSR count). The lowest BCUT2D eigenvalue weighted by Gasteiger charge is -2.08. The van der Waals surface area contributed by atoms with Crippen LogP contribution in [0.5, 0.6) is 5.75 Å². The summed E-state index contributed by atoms with van der Waals surface area (Å²) in [4.78, 5) is 0. The maximum absolute atomic E-state index is 5.65. The average molecular weight is 206 g/mol. The van der Waals surface area contributed by atoms with Crippen LogP contribution < -0.4 is 4.74 Å². The molecule has 0 aliphatic rings. The first-order chi connectivity index (χ1) is 7.22. The Balaban J connectivity index is 2.36. The number of aryl methyl sites for hydroxylation is 1. The number of benzene rings is 1. The molecule has 0 unspecified atom stereocenters. The Morgan fingerprint density at radius 3 is 2.33 bits per heavy atom. The summed E-state index contributed by atoms with van der Waals surface area (Å²) in [5, 5.41) is 0. The van der Waals surface area contributed by atoms with Gasteiger partial charge < -0.3 is 4.74 Å². The number of rotatable bonds is 6. The van der Waals surface area contributed by atoms with Crippen LogP contribution in [0.4, 0.5) is 0 Å². The molecule has 0 saturated heterocycles. The van der Waals surface area contributed by atoms with Crippen molar-refractivity contribution in [3.8, 4) is 5.75 Å². The number of hydrogen-bond donors (Lipinski definition) is 0. The molecule has 0 aliphatic heterocycles. The van der Waals surface area contributed by atoms with Gasteiger partial charge in [0, 0.05) is 0 Å². The molecule has 84 valence electrons. The summed E-state index contributed by atoms with van der Waals surface area (Å²) in [5.74, 6) is 1.71. The van der Waals surface area contributed by atoms with Crippen molar-refractivity contribution >= 4 is 0 Å². The van der Waals surface area contributed by atoms with Gasteiger partial charge in [-0.25, -0.2) is 0 Å². The molecule has 0 saturated carbocycles. The van der Waals surface area contributed by atoms with Crippen molar-refractivity contribution in [3.05, 3.63) is 29.8 Å². The van der Waals surface area contributed by atoms with Gasteiger partial charge in [0.15, 0.2) is 0 Å². The molecule has 0 radical (unpaired) electrons. The van der Waals surface area contributed by atoms with E-state index in [4.69, 9.17) is 4.74 Å². The number of ether oxygens (including phenoxy) is 1. The molecule has 0 bridgehead atoms. The molecule has 0 aromatic heterocycles. The van der Waals surface area contributed by atoms with E-state index in [1.165, 1.54) is 12.0 Å². The zero-order valence-corrected chi connectivity index (χ0v) is 10.1. The second-order valence-corrected chi connectivity index (χ2v) is 4.42. The maximum atomic E-state index is 5.65. The molecular formula is C14H22O. The Labute approximate surface area is 93.5 Å². The van der Waals surface area contributed by atoms with Gasteiger partial charge in [0.25, 0.3) is 0 Å². The van der Waals surface area contributed by atoms with Gasteiger partial charge in [0.2, 0.25) is 0 Å². The smallest absolute Gasteiger partial charge is 0.119 e. The topological polar surface area (TPSA) is 9.23 Å². The summed E-state index contributed by atoms with van der Waals surface area (Å²) in [6.07, 6.45) is 3.48. The number of hydrogen-bond acceptors (Lipinski definition) is 1. The molecule has 1 heteroatoms. The fourth-order valence-corrected chi connectivity index (χ4v) is 1.45. The SMILES string of the molecule is CCCc1ccc(OCCC(C)C)cc1. The third kappa shape index (κ3) is 4.87. The summed E-state index contributed by atoms with van der Waals surface area (Å²) >= 11 is 0. The standard InChI is InChI=1S/C14H22O/c1-4-5-13-6-8-14(9-7-13)15-11-10-12(2)3/h6-9,12H,4-5,10-11H2,1-3H3. The van der Waals surface area contributed by atoms with E-state index in [1.807, 2.05) is 0 Å². The highest BCUT2D eigenvalue weighted by Gasteiger charge is 1.97. The van der Waals surface area contributed by atoms with Crippen LogP contribution in [-0.2, 0) is 6.42 Å². The van der Waals surface area contributed by atoms with Gasteiger partial charge in [0.05, 0.1) is 6.61 Å². The van der Waals surface area contributed by atoms with Gasteiger partial charge in [-0.15, -0.1) is 0 Å². The van der Waals surface area contributed by atoms with E-state index in [1.54, 1.807) is 0 Å². The van der Waals surface area contributed by atoms with Crippen LogP contribution in [0.3, 0.4) is 0 Å². The highest BCUT2D eigenvalue weighted by Crippen LogP contribution is 2.14. The fraction of sp³-hybridized carbons (Fsp3) is 0.571. The molecule has 0 fully saturated rings. The lowest BCUT2D eigenvalue weighted by molar-refractivity contribution is 0.289. The zero-order chi connectivity index (χ0) is 11.1. The van der Waals surface area contributed by atoms with Crippen molar-refractivity contribution in [2.45, 2.75) is 40.0 Å². The Bertz CT molecular complexity index is 261. The minimum absolute atomic E-state index is 0.712. The molecule has 1 nitrogen and oxygen atoms in total. The van der Waals surface area contributed by atoms with Gasteiger partial charge >= 0.3 is 0 Å². The predicted molar refractivity (Wildman–Crippen MR) is 65.4 cm³/mol. The summed E-state index contributed by atoms with van der Waals surface area (Å²) in [6, 6.07) is 8.47. The van der Waals surface area contributed by atoms with Gasteiger partial charge in [-0.1, -0.05) is 39.3 Å². The first kappa shape index (κ1) is 12.1. The first-order valence-corrected chi connectivity index (χ1v) is 5.94. The average Bonchev–Trinajstić information content (AvgIpc) is 2.20. The van der Waals surface area contributed by atoms with E-state index in [0.29, 0.717) is 5.92 Å². The van der Waals surface area contributed by atoms with Crippen molar-refractivity contribution in [1.29, 1.82) is 0 Å². The molecule has 0 spiro atoms. The molecule has 0 heterocycles. The largest absolute Gasteiger partial charge is 0.494 e. The van der Waals surface area contributed by atoms with Crippen LogP contribution in [0, 0.1) is 5.92 Å². The second-order valence-electron chi connectivity index (χ2n) is 4.42. The maximum Gasteiger partial charge on any atom is 0.119 e. The lowest BCUT2D eigenvalue weighted by atomic mass is 10.1. The van der Waals surface area contributed by atoms with Crippen molar-refractivity contribution < 1.29 is 4.74 Å². The monoisotopic (exact) mass is 206 g/mol.